The smallest absolute Gasteiger partial charge is 0.224 e. The number of unbranched alkanes of at least 4 members (excludes halogenated alkanes) is 4. The summed E-state index contributed by atoms with van der Waals surface area (Å²) in [6.07, 6.45) is 26.7. The Morgan fingerprint density at radius 3 is 2.00 bits per heavy atom. The number of amides is 1. The predicted molar refractivity (Wildman–Crippen MR) is 133 cm³/mol. The lowest BCUT2D eigenvalue weighted by atomic mass is 10.2. The van der Waals surface area contributed by atoms with Crippen LogP contribution in [0.15, 0.2) is 78.0 Å². The van der Waals surface area contributed by atoms with Crippen molar-refractivity contribution in [1.82, 2.24) is 0 Å². The van der Waals surface area contributed by atoms with Gasteiger partial charge in [-0.25, -0.2) is 0 Å². The summed E-state index contributed by atoms with van der Waals surface area (Å²) < 4.78 is 0. The Balaban J connectivity index is 1.95. The van der Waals surface area contributed by atoms with E-state index in [-0.39, 0.29) is 11.7 Å². The third-order valence-corrected chi connectivity index (χ3v) is 4.60. The van der Waals surface area contributed by atoms with Crippen molar-refractivity contribution in [3.8, 4) is 5.75 Å². The number of carbonyl (C=O) groups excluding carboxylic acids is 1. The number of benzene rings is 1. The molecule has 2 N–H and O–H groups in total. The van der Waals surface area contributed by atoms with E-state index in [1.807, 2.05) is 0 Å². The number of phenols is 1. The zero-order chi connectivity index (χ0) is 23.1. The number of allylic oxidation sites excluding steroid dienone is 8. The number of hydrogen-bond acceptors (Lipinski definition) is 3. The van der Waals surface area contributed by atoms with Crippen LogP contribution in [0.25, 0.3) is 10.4 Å². The van der Waals surface area contributed by atoms with Crippen LogP contribution in [0, 0.1) is 0 Å². The lowest BCUT2D eigenvalue weighted by molar-refractivity contribution is -0.116. The van der Waals surface area contributed by atoms with Crippen LogP contribution in [0.5, 0.6) is 5.75 Å². The zero-order valence-electron chi connectivity index (χ0n) is 18.9. The van der Waals surface area contributed by atoms with Crippen molar-refractivity contribution in [2.24, 2.45) is 5.11 Å². The molecule has 6 nitrogen and oxygen atoms in total. The summed E-state index contributed by atoms with van der Waals surface area (Å²) in [7, 11) is 0. The van der Waals surface area contributed by atoms with Crippen molar-refractivity contribution in [2.75, 3.05) is 11.9 Å². The zero-order valence-corrected chi connectivity index (χ0v) is 18.9. The van der Waals surface area contributed by atoms with Crippen LogP contribution < -0.4 is 5.32 Å². The highest BCUT2D eigenvalue weighted by Crippen LogP contribution is 2.14. The van der Waals surface area contributed by atoms with E-state index in [9.17, 15) is 9.90 Å². The van der Waals surface area contributed by atoms with Gasteiger partial charge >= 0.3 is 0 Å². The molecular formula is C26H36N4O2. The van der Waals surface area contributed by atoms with Crippen molar-refractivity contribution < 1.29 is 9.90 Å². The van der Waals surface area contributed by atoms with E-state index in [2.05, 4.69) is 64.0 Å². The van der Waals surface area contributed by atoms with Gasteiger partial charge in [-0.2, -0.15) is 0 Å². The van der Waals surface area contributed by atoms with E-state index in [1.165, 1.54) is 0 Å². The first-order valence-electron chi connectivity index (χ1n) is 11.4. The second-order valence-electron chi connectivity index (χ2n) is 7.38. The number of phenolic OH excluding ortho intramolecular Hbond substituents is 1. The minimum absolute atomic E-state index is 0.00663. The Morgan fingerprint density at radius 1 is 0.844 bits per heavy atom. The van der Waals surface area contributed by atoms with Crippen LogP contribution in [-0.4, -0.2) is 17.6 Å². The molecule has 32 heavy (non-hydrogen) atoms. The molecule has 172 valence electrons. The molecule has 1 aromatic carbocycles. The first-order valence-corrected chi connectivity index (χ1v) is 11.4. The number of aromatic hydroxyl groups is 1. The van der Waals surface area contributed by atoms with Gasteiger partial charge in [-0.1, -0.05) is 60.1 Å². The quantitative estimate of drug-likeness (QED) is 0.0651. The number of nitrogens with one attached hydrogen (secondary N) is 1. The maximum Gasteiger partial charge on any atom is 0.224 e. The standard InChI is InChI=1S/C26H36N4O2/c27-30-28-23-17-15-13-11-9-7-5-3-1-2-4-6-8-10-12-14-16-18-26(32)29-24-19-21-25(31)22-20-24/h1,3-4,6-7,9-10,12,19-22,31H,2,5,8,11,13-18,23H2,(H,29,32)/b3-1-,6-4-,9-7-,12-10-. The molecule has 0 bridgehead atoms. The molecule has 0 heterocycles. The van der Waals surface area contributed by atoms with Crippen molar-refractivity contribution in [1.29, 1.82) is 0 Å². The second-order valence-corrected chi connectivity index (χ2v) is 7.38. The molecule has 0 spiro atoms. The third-order valence-electron chi connectivity index (χ3n) is 4.60. The number of nitrogens with zero attached hydrogens (tertiary/aromatic N) is 3. The molecular weight excluding hydrogens is 400 g/mol. The Hall–Kier alpha value is -3.24. The molecule has 0 atom stereocenters. The molecule has 0 saturated heterocycles. The first kappa shape index (κ1) is 26.8. The van der Waals surface area contributed by atoms with E-state index >= 15 is 0 Å². The van der Waals surface area contributed by atoms with Crippen LogP contribution >= 0.6 is 0 Å². The molecule has 1 aromatic rings. The highest BCUT2D eigenvalue weighted by molar-refractivity contribution is 5.90. The summed E-state index contributed by atoms with van der Waals surface area (Å²) in [5.74, 6) is 0.183. The molecule has 0 radical (unpaired) electrons. The molecule has 6 heteroatoms. The summed E-state index contributed by atoms with van der Waals surface area (Å²) in [6, 6.07) is 6.48. The van der Waals surface area contributed by atoms with Gasteiger partial charge in [-0.15, -0.1) is 0 Å². The van der Waals surface area contributed by atoms with Crippen molar-refractivity contribution >= 4 is 11.6 Å². The van der Waals surface area contributed by atoms with Gasteiger partial charge in [-0.05, 0) is 81.2 Å². The Bertz CT molecular complexity index is 789. The van der Waals surface area contributed by atoms with Crippen molar-refractivity contribution in [3.05, 3.63) is 83.3 Å². The Morgan fingerprint density at radius 2 is 1.41 bits per heavy atom. The van der Waals surface area contributed by atoms with Crippen LogP contribution in [0.2, 0.25) is 0 Å². The van der Waals surface area contributed by atoms with Crippen molar-refractivity contribution in [2.45, 2.75) is 64.2 Å². The highest BCUT2D eigenvalue weighted by atomic mass is 16.3. The van der Waals surface area contributed by atoms with Gasteiger partial charge in [0.1, 0.15) is 5.75 Å². The third kappa shape index (κ3) is 16.5. The summed E-state index contributed by atoms with van der Waals surface area (Å²) in [6.45, 7) is 0.605. The lowest BCUT2D eigenvalue weighted by Crippen LogP contribution is -2.10. The number of carbonyl (C=O) groups is 1. The maximum absolute atomic E-state index is 11.9. The van der Waals surface area contributed by atoms with Gasteiger partial charge in [0.2, 0.25) is 5.91 Å². The Labute approximate surface area is 192 Å². The minimum atomic E-state index is -0.00663. The molecule has 0 aromatic heterocycles. The fourth-order valence-corrected chi connectivity index (χ4v) is 2.86. The fourth-order valence-electron chi connectivity index (χ4n) is 2.86. The monoisotopic (exact) mass is 436 g/mol. The summed E-state index contributed by atoms with van der Waals surface area (Å²) in [5.41, 5.74) is 8.89. The van der Waals surface area contributed by atoms with Gasteiger partial charge in [0.25, 0.3) is 0 Å². The SMILES string of the molecule is [N-]=[N+]=NCCCCC/C=C\C/C=C\C/C=C\C/C=C\CCCC(=O)Nc1ccc(O)cc1. The minimum Gasteiger partial charge on any atom is -0.508 e. The van der Waals surface area contributed by atoms with Gasteiger partial charge < -0.3 is 10.4 Å². The molecule has 0 aliphatic heterocycles. The maximum atomic E-state index is 11.9. The predicted octanol–water partition coefficient (Wildman–Crippen LogP) is 7.77. The second kappa shape index (κ2) is 19.7. The van der Waals surface area contributed by atoms with Crippen LogP contribution in [0.1, 0.15) is 64.2 Å². The largest absolute Gasteiger partial charge is 0.508 e. The van der Waals surface area contributed by atoms with Gasteiger partial charge in [-0.3, -0.25) is 4.79 Å². The van der Waals surface area contributed by atoms with E-state index in [4.69, 9.17) is 5.53 Å². The van der Waals surface area contributed by atoms with E-state index in [0.29, 0.717) is 18.7 Å². The molecule has 1 amide bonds. The normalized spacial score (nSPS) is 11.6. The molecule has 1 rings (SSSR count). The van der Waals surface area contributed by atoms with Crippen LogP contribution in [0.4, 0.5) is 5.69 Å². The highest BCUT2D eigenvalue weighted by Gasteiger charge is 2.01. The van der Waals surface area contributed by atoms with Gasteiger partial charge in [0.15, 0.2) is 0 Å². The lowest BCUT2D eigenvalue weighted by Gasteiger charge is -2.04. The van der Waals surface area contributed by atoms with Gasteiger partial charge in [0.05, 0.1) is 0 Å². The number of anilines is 1. The summed E-state index contributed by atoms with van der Waals surface area (Å²) >= 11 is 0. The van der Waals surface area contributed by atoms with Gasteiger partial charge in [0, 0.05) is 23.6 Å². The summed E-state index contributed by atoms with van der Waals surface area (Å²) in [5, 5.41) is 15.6. The van der Waals surface area contributed by atoms with E-state index in [1.54, 1.807) is 24.3 Å². The first-order chi connectivity index (χ1) is 15.7. The molecule has 0 unspecified atom stereocenters. The fraction of sp³-hybridized carbons (Fsp3) is 0.423. The number of azide groups is 1. The molecule has 0 aliphatic rings. The Kier molecular flexibility index (Phi) is 16.5. The molecule has 0 saturated carbocycles. The average Bonchev–Trinajstić information content (AvgIpc) is 2.79. The van der Waals surface area contributed by atoms with Crippen LogP contribution in [-0.2, 0) is 4.79 Å². The number of hydrogen-bond donors (Lipinski definition) is 2. The molecule has 0 fully saturated rings. The van der Waals surface area contributed by atoms with Crippen molar-refractivity contribution in [3.63, 3.8) is 0 Å². The molecule has 0 aliphatic carbocycles. The number of rotatable bonds is 17. The van der Waals surface area contributed by atoms with E-state index < -0.39 is 0 Å². The topological polar surface area (TPSA) is 98.1 Å². The van der Waals surface area contributed by atoms with Crippen LogP contribution in [0.3, 0.4) is 0 Å². The average molecular weight is 437 g/mol. The summed E-state index contributed by atoms with van der Waals surface area (Å²) in [4.78, 5) is 14.6. The van der Waals surface area contributed by atoms with E-state index in [0.717, 1.165) is 57.8 Å².